The first kappa shape index (κ1) is 13.5. The average Bonchev–Trinajstić information content (AvgIpc) is 2.89. The number of cyclic esters (lactones) is 1. The molecular formula is C15H16N2O4. The van der Waals surface area contributed by atoms with Crippen LogP contribution < -0.4 is 10.1 Å². The van der Waals surface area contributed by atoms with Crippen molar-refractivity contribution in [2.45, 2.75) is 13.0 Å². The first-order valence-electron chi connectivity index (χ1n) is 6.77. The van der Waals surface area contributed by atoms with E-state index in [9.17, 15) is 9.59 Å². The van der Waals surface area contributed by atoms with Gasteiger partial charge in [-0.1, -0.05) is 12.1 Å². The average molecular weight is 288 g/mol. The van der Waals surface area contributed by atoms with Gasteiger partial charge >= 0.3 is 12.0 Å². The maximum Gasteiger partial charge on any atom is 0.338 e. The Morgan fingerprint density at radius 1 is 1.33 bits per heavy atom. The lowest BCUT2D eigenvalue weighted by Crippen LogP contribution is -2.47. The molecule has 6 nitrogen and oxygen atoms in total. The van der Waals surface area contributed by atoms with Crippen molar-refractivity contribution in [2.24, 2.45) is 0 Å². The first-order valence-corrected chi connectivity index (χ1v) is 6.77. The van der Waals surface area contributed by atoms with E-state index in [2.05, 4.69) is 5.32 Å². The molecule has 1 N–H and O–H groups in total. The van der Waals surface area contributed by atoms with Crippen molar-refractivity contribution < 1.29 is 19.1 Å². The SMILES string of the molecule is CCN1C(=O)NC(c2ccc(OC)cc2)C2=C1COC2=O. The Morgan fingerprint density at radius 3 is 2.67 bits per heavy atom. The van der Waals surface area contributed by atoms with E-state index < -0.39 is 6.04 Å². The highest BCUT2D eigenvalue weighted by Crippen LogP contribution is 2.35. The van der Waals surface area contributed by atoms with Crippen molar-refractivity contribution in [3.8, 4) is 5.75 Å². The topological polar surface area (TPSA) is 67.9 Å². The summed E-state index contributed by atoms with van der Waals surface area (Å²) in [5, 5.41) is 2.86. The Balaban J connectivity index is 2.03. The number of ether oxygens (including phenoxy) is 2. The predicted molar refractivity (Wildman–Crippen MR) is 74.6 cm³/mol. The number of nitrogens with one attached hydrogen (secondary N) is 1. The van der Waals surface area contributed by atoms with E-state index >= 15 is 0 Å². The largest absolute Gasteiger partial charge is 0.497 e. The zero-order valence-corrected chi connectivity index (χ0v) is 11.9. The maximum atomic E-state index is 12.2. The summed E-state index contributed by atoms with van der Waals surface area (Å²) < 4.78 is 10.2. The number of esters is 1. The molecule has 1 aromatic carbocycles. The molecule has 6 heteroatoms. The van der Waals surface area contributed by atoms with Gasteiger partial charge in [0.05, 0.1) is 24.4 Å². The van der Waals surface area contributed by atoms with Crippen LogP contribution in [0, 0.1) is 0 Å². The molecule has 0 spiro atoms. The Morgan fingerprint density at radius 2 is 2.05 bits per heavy atom. The van der Waals surface area contributed by atoms with Crippen LogP contribution in [0.15, 0.2) is 35.5 Å². The molecule has 0 radical (unpaired) electrons. The van der Waals surface area contributed by atoms with E-state index in [0.717, 1.165) is 11.3 Å². The number of methoxy groups -OCH3 is 1. The Labute approximate surface area is 122 Å². The summed E-state index contributed by atoms with van der Waals surface area (Å²) in [7, 11) is 1.59. The van der Waals surface area contributed by atoms with Gasteiger partial charge in [-0.2, -0.15) is 0 Å². The number of hydrogen-bond donors (Lipinski definition) is 1. The molecule has 2 aliphatic heterocycles. The molecule has 0 fully saturated rings. The van der Waals surface area contributed by atoms with E-state index in [1.165, 1.54) is 0 Å². The van der Waals surface area contributed by atoms with Crippen molar-refractivity contribution >= 4 is 12.0 Å². The van der Waals surface area contributed by atoms with E-state index in [0.29, 0.717) is 17.8 Å². The number of hydrogen-bond acceptors (Lipinski definition) is 4. The number of nitrogens with zero attached hydrogens (tertiary/aromatic N) is 1. The summed E-state index contributed by atoms with van der Waals surface area (Å²) in [5.41, 5.74) is 2.00. The minimum atomic E-state index is -0.476. The Kier molecular flexibility index (Phi) is 3.29. The molecule has 0 bridgehead atoms. The molecule has 2 aliphatic rings. The lowest BCUT2D eigenvalue weighted by molar-refractivity contribution is -0.136. The molecule has 0 saturated carbocycles. The van der Waals surface area contributed by atoms with Gasteiger partial charge in [0.2, 0.25) is 0 Å². The quantitative estimate of drug-likeness (QED) is 0.858. The normalized spacial score (nSPS) is 21.0. The van der Waals surface area contributed by atoms with Gasteiger partial charge in [-0.15, -0.1) is 0 Å². The second-order valence-electron chi connectivity index (χ2n) is 4.84. The molecule has 0 aliphatic carbocycles. The molecule has 3 rings (SSSR count). The van der Waals surface area contributed by atoms with Gasteiger partial charge in [-0.05, 0) is 24.6 Å². The van der Waals surface area contributed by atoms with Crippen molar-refractivity contribution in [1.29, 1.82) is 0 Å². The lowest BCUT2D eigenvalue weighted by Gasteiger charge is -2.32. The van der Waals surface area contributed by atoms with Gasteiger partial charge in [-0.25, -0.2) is 9.59 Å². The number of benzene rings is 1. The van der Waals surface area contributed by atoms with Crippen LogP contribution in [0.1, 0.15) is 18.5 Å². The smallest absolute Gasteiger partial charge is 0.338 e. The molecule has 0 saturated heterocycles. The Hall–Kier alpha value is -2.50. The molecule has 2 amide bonds. The van der Waals surface area contributed by atoms with E-state index in [-0.39, 0.29) is 18.6 Å². The first-order chi connectivity index (χ1) is 10.2. The summed E-state index contributed by atoms with van der Waals surface area (Å²) in [6, 6.07) is 6.58. The molecule has 21 heavy (non-hydrogen) atoms. The molecule has 0 aromatic heterocycles. The van der Waals surface area contributed by atoms with Crippen molar-refractivity contribution in [3.63, 3.8) is 0 Å². The van der Waals surface area contributed by atoms with Gasteiger partial charge in [-0.3, -0.25) is 4.90 Å². The lowest BCUT2D eigenvalue weighted by atomic mass is 9.96. The summed E-state index contributed by atoms with van der Waals surface area (Å²) in [6.45, 7) is 2.51. The molecule has 2 heterocycles. The summed E-state index contributed by atoms with van der Waals surface area (Å²) in [6.07, 6.45) is 0. The fourth-order valence-electron chi connectivity index (χ4n) is 2.69. The van der Waals surface area contributed by atoms with Crippen molar-refractivity contribution in [2.75, 3.05) is 20.3 Å². The van der Waals surface area contributed by atoms with Gasteiger partial charge in [0, 0.05) is 6.54 Å². The van der Waals surface area contributed by atoms with Gasteiger partial charge in [0.25, 0.3) is 0 Å². The second-order valence-corrected chi connectivity index (χ2v) is 4.84. The monoisotopic (exact) mass is 288 g/mol. The van der Waals surface area contributed by atoms with E-state index in [1.807, 2.05) is 19.1 Å². The summed E-state index contributed by atoms with van der Waals surface area (Å²) in [5.74, 6) is 0.351. The standard InChI is InChI=1S/C15H16N2O4/c1-3-17-11-8-21-14(18)12(11)13(16-15(17)19)9-4-6-10(20-2)7-5-9/h4-7,13H,3,8H2,1-2H3,(H,16,19). The third-order valence-corrected chi connectivity index (χ3v) is 3.76. The fourth-order valence-corrected chi connectivity index (χ4v) is 2.69. The number of urea groups is 1. The molecule has 1 aromatic rings. The van der Waals surface area contributed by atoms with Crippen LogP contribution in [0.3, 0.4) is 0 Å². The van der Waals surface area contributed by atoms with E-state index in [1.54, 1.807) is 24.1 Å². The number of carbonyl (C=O) groups is 2. The van der Waals surface area contributed by atoms with Crippen molar-refractivity contribution in [1.82, 2.24) is 10.2 Å². The number of carbonyl (C=O) groups excluding carboxylic acids is 2. The van der Waals surface area contributed by atoms with Crippen LogP contribution in [0.4, 0.5) is 4.79 Å². The van der Waals surface area contributed by atoms with Crippen LogP contribution in [0.2, 0.25) is 0 Å². The number of amides is 2. The molecular weight excluding hydrogens is 272 g/mol. The molecule has 110 valence electrons. The summed E-state index contributed by atoms with van der Waals surface area (Å²) >= 11 is 0. The second kappa shape index (κ2) is 5.12. The van der Waals surface area contributed by atoms with Crippen LogP contribution in [-0.2, 0) is 9.53 Å². The highest BCUT2D eigenvalue weighted by Gasteiger charge is 2.41. The third-order valence-electron chi connectivity index (χ3n) is 3.76. The van der Waals surface area contributed by atoms with E-state index in [4.69, 9.17) is 9.47 Å². The minimum Gasteiger partial charge on any atom is -0.497 e. The van der Waals surface area contributed by atoms with Crippen LogP contribution in [0.25, 0.3) is 0 Å². The summed E-state index contributed by atoms with van der Waals surface area (Å²) in [4.78, 5) is 25.7. The van der Waals surface area contributed by atoms with Crippen LogP contribution in [-0.4, -0.2) is 37.2 Å². The fraction of sp³-hybridized carbons (Fsp3) is 0.333. The maximum absolute atomic E-state index is 12.2. The van der Waals surface area contributed by atoms with Gasteiger partial charge in [0.15, 0.2) is 0 Å². The minimum absolute atomic E-state index is 0.155. The van der Waals surface area contributed by atoms with Gasteiger partial charge < -0.3 is 14.8 Å². The van der Waals surface area contributed by atoms with Gasteiger partial charge in [0.1, 0.15) is 12.4 Å². The zero-order valence-electron chi connectivity index (χ0n) is 11.9. The number of rotatable bonds is 3. The van der Waals surface area contributed by atoms with Crippen LogP contribution >= 0.6 is 0 Å². The highest BCUT2D eigenvalue weighted by atomic mass is 16.5. The molecule has 1 atom stereocenters. The predicted octanol–water partition coefficient (Wildman–Crippen LogP) is 1.59. The zero-order chi connectivity index (χ0) is 15.0. The highest BCUT2D eigenvalue weighted by molar-refractivity contribution is 5.97. The van der Waals surface area contributed by atoms with Crippen molar-refractivity contribution in [3.05, 3.63) is 41.1 Å². The number of likely N-dealkylation sites (N-methyl/N-ethyl adjacent to an activating group) is 1. The van der Waals surface area contributed by atoms with Crippen LogP contribution in [0.5, 0.6) is 5.75 Å². The Bertz CT molecular complexity index is 621. The third kappa shape index (κ3) is 2.12. The molecule has 1 unspecified atom stereocenters.